The highest BCUT2D eigenvalue weighted by Crippen LogP contribution is 2.26. The van der Waals surface area contributed by atoms with Crippen molar-refractivity contribution in [3.8, 4) is 5.69 Å². The number of carbonyl (C=O) groups excluding carboxylic acids is 1. The quantitative estimate of drug-likeness (QED) is 0.413. The van der Waals surface area contributed by atoms with Gasteiger partial charge in [0.25, 0.3) is 5.91 Å². The minimum absolute atomic E-state index is 0.217. The first-order valence-corrected chi connectivity index (χ1v) is 9.85. The lowest BCUT2D eigenvalue weighted by Crippen LogP contribution is -2.11. The van der Waals surface area contributed by atoms with Crippen LogP contribution in [0.25, 0.3) is 16.7 Å². The number of rotatable bonds is 5. The minimum atomic E-state index is -0.217. The van der Waals surface area contributed by atoms with Crippen molar-refractivity contribution in [3.63, 3.8) is 0 Å². The van der Waals surface area contributed by atoms with E-state index in [0.29, 0.717) is 10.7 Å². The number of imidazole rings is 1. The van der Waals surface area contributed by atoms with Gasteiger partial charge in [-0.15, -0.1) is 10.2 Å². The molecule has 4 rings (SSSR count). The lowest BCUT2D eigenvalue weighted by Gasteiger charge is -2.05. The number of fused-ring (bicyclic) bond motifs is 1. The molecule has 2 aromatic heterocycles. The second-order valence-electron chi connectivity index (χ2n) is 5.41. The maximum atomic E-state index is 12.5. The SMILES string of the molecule is CCSc1nnc(NC(=O)c2ccc3c(c2)ncn3-c2ccccc2)s1. The van der Waals surface area contributed by atoms with Gasteiger partial charge >= 0.3 is 0 Å². The van der Waals surface area contributed by atoms with Crippen molar-refractivity contribution in [3.05, 3.63) is 60.4 Å². The van der Waals surface area contributed by atoms with Gasteiger partial charge in [-0.1, -0.05) is 48.2 Å². The molecule has 0 aliphatic rings. The van der Waals surface area contributed by atoms with Gasteiger partial charge in [-0.3, -0.25) is 14.7 Å². The van der Waals surface area contributed by atoms with Gasteiger partial charge in [0.05, 0.1) is 11.0 Å². The Bertz CT molecular complexity index is 1060. The van der Waals surface area contributed by atoms with Gasteiger partial charge in [0, 0.05) is 11.3 Å². The van der Waals surface area contributed by atoms with Crippen LogP contribution < -0.4 is 5.32 Å². The third-order valence-electron chi connectivity index (χ3n) is 3.74. The average molecular weight is 381 g/mol. The van der Waals surface area contributed by atoms with Crippen molar-refractivity contribution in [2.75, 3.05) is 11.1 Å². The van der Waals surface area contributed by atoms with Crippen LogP contribution in [0.2, 0.25) is 0 Å². The van der Waals surface area contributed by atoms with E-state index < -0.39 is 0 Å². The standard InChI is InChI=1S/C18H15N5OS2/c1-2-25-18-22-21-17(26-18)20-16(24)12-8-9-15-14(10-12)19-11-23(15)13-6-4-3-5-7-13/h3-11H,2H2,1H3,(H,20,21,24). The van der Waals surface area contributed by atoms with Crippen LogP contribution >= 0.6 is 23.1 Å². The Balaban J connectivity index is 1.58. The van der Waals surface area contributed by atoms with E-state index in [2.05, 4.69) is 20.5 Å². The second-order valence-corrected chi connectivity index (χ2v) is 7.90. The van der Waals surface area contributed by atoms with Gasteiger partial charge in [0.1, 0.15) is 6.33 Å². The van der Waals surface area contributed by atoms with Crippen molar-refractivity contribution < 1.29 is 4.79 Å². The van der Waals surface area contributed by atoms with E-state index in [-0.39, 0.29) is 5.91 Å². The number of aromatic nitrogens is 4. The predicted octanol–water partition coefficient (Wildman–Crippen LogP) is 4.24. The first-order chi connectivity index (χ1) is 12.7. The van der Waals surface area contributed by atoms with E-state index in [1.165, 1.54) is 11.3 Å². The molecule has 2 heterocycles. The number of hydrogen-bond donors (Lipinski definition) is 1. The summed E-state index contributed by atoms with van der Waals surface area (Å²) in [5.74, 6) is 0.703. The highest BCUT2D eigenvalue weighted by Gasteiger charge is 2.13. The Morgan fingerprint density at radius 3 is 2.85 bits per heavy atom. The maximum Gasteiger partial charge on any atom is 0.257 e. The number of para-hydroxylation sites is 1. The molecule has 0 aliphatic heterocycles. The van der Waals surface area contributed by atoms with Crippen LogP contribution in [0.4, 0.5) is 5.13 Å². The third kappa shape index (κ3) is 3.33. The smallest absolute Gasteiger partial charge is 0.257 e. The van der Waals surface area contributed by atoms with Crippen molar-refractivity contribution in [1.29, 1.82) is 0 Å². The maximum absolute atomic E-state index is 12.5. The Kier molecular flexibility index (Phi) is 4.68. The molecule has 0 radical (unpaired) electrons. The fourth-order valence-corrected chi connectivity index (χ4v) is 4.20. The van der Waals surface area contributed by atoms with E-state index in [1.807, 2.05) is 47.9 Å². The molecular formula is C18H15N5OS2. The van der Waals surface area contributed by atoms with Crippen molar-refractivity contribution >= 4 is 45.2 Å². The molecule has 2 aromatic carbocycles. The Morgan fingerprint density at radius 2 is 2.04 bits per heavy atom. The normalized spacial score (nSPS) is 11.0. The zero-order valence-corrected chi connectivity index (χ0v) is 15.5. The first-order valence-electron chi connectivity index (χ1n) is 8.05. The van der Waals surface area contributed by atoms with Crippen LogP contribution in [-0.4, -0.2) is 31.4 Å². The fourth-order valence-electron chi connectivity index (χ4n) is 2.56. The molecular weight excluding hydrogens is 366 g/mol. The summed E-state index contributed by atoms with van der Waals surface area (Å²) in [5, 5.41) is 11.3. The zero-order valence-electron chi connectivity index (χ0n) is 13.9. The van der Waals surface area contributed by atoms with E-state index in [1.54, 1.807) is 30.2 Å². The summed E-state index contributed by atoms with van der Waals surface area (Å²) in [6.07, 6.45) is 1.76. The number of hydrogen-bond acceptors (Lipinski definition) is 6. The summed E-state index contributed by atoms with van der Waals surface area (Å²) in [6.45, 7) is 2.05. The van der Waals surface area contributed by atoms with Gasteiger partial charge in [0.2, 0.25) is 5.13 Å². The molecule has 0 saturated carbocycles. The van der Waals surface area contributed by atoms with Crippen molar-refractivity contribution in [1.82, 2.24) is 19.7 Å². The molecule has 6 nitrogen and oxygen atoms in total. The molecule has 0 aliphatic carbocycles. The lowest BCUT2D eigenvalue weighted by atomic mass is 10.2. The van der Waals surface area contributed by atoms with E-state index in [4.69, 9.17) is 0 Å². The molecule has 1 N–H and O–H groups in total. The molecule has 1 amide bonds. The number of benzene rings is 2. The summed E-state index contributed by atoms with van der Waals surface area (Å²) in [4.78, 5) is 16.9. The monoisotopic (exact) mass is 381 g/mol. The van der Waals surface area contributed by atoms with Gasteiger partial charge in [-0.2, -0.15) is 0 Å². The number of amides is 1. The molecule has 0 fully saturated rings. The molecule has 26 heavy (non-hydrogen) atoms. The molecule has 0 saturated heterocycles. The van der Waals surface area contributed by atoms with E-state index >= 15 is 0 Å². The number of carbonyl (C=O) groups is 1. The van der Waals surface area contributed by atoms with Crippen LogP contribution in [0.15, 0.2) is 59.2 Å². The molecule has 130 valence electrons. The van der Waals surface area contributed by atoms with Crippen molar-refractivity contribution in [2.24, 2.45) is 0 Å². The highest BCUT2D eigenvalue weighted by atomic mass is 32.2. The summed E-state index contributed by atoms with van der Waals surface area (Å²) in [7, 11) is 0. The van der Waals surface area contributed by atoms with Crippen LogP contribution in [0.1, 0.15) is 17.3 Å². The van der Waals surface area contributed by atoms with Gasteiger partial charge in [-0.25, -0.2) is 4.98 Å². The van der Waals surface area contributed by atoms with Gasteiger partial charge in [-0.05, 0) is 36.1 Å². The number of thioether (sulfide) groups is 1. The summed E-state index contributed by atoms with van der Waals surface area (Å²) >= 11 is 2.98. The molecule has 0 bridgehead atoms. The second kappa shape index (κ2) is 7.27. The molecule has 0 unspecified atom stereocenters. The first kappa shape index (κ1) is 16.7. The number of anilines is 1. The molecule has 0 spiro atoms. The van der Waals surface area contributed by atoms with E-state index in [9.17, 15) is 4.79 Å². The van der Waals surface area contributed by atoms with Crippen LogP contribution in [0, 0.1) is 0 Å². The predicted molar refractivity (Wildman–Crippen MR) is 105 cm³/mol. The zero-order chi connectivity index (χ0) is 17.9. The fraction of sp³-hybridized carbons (Fsp3) is 0.111. The van der Waals surface area contributed by atoms with Gasteiger partial charge in [0.15, 0.2) is 4.34 Å². The lowest BCUT2D eigenvalue weighted by molar-refractivity contribution is 0.102. The number of nitrogens with one attached hydrogen (secondary N) is 1. The van der Waals surface area contributed by atoms with Crippen molar-refractivity contribution in [2.45, 2.75) is 11.3 Å². The van der Waals surface area contributed by atoms with Crippen LogP contribution in [0.3, 0.4) is 0 Å². The van der Waals surface area contributed by atoms with Crippen LogP contribution in [0.5, 0.6) is 0 Å². The summed E-state index contributed by atoms with van der Waals surface area (Å²) < 4.78 is 2.84. The summed E-state index contributed by atoms with van der Waals surface area (Å²) in [5.41, 5.74) is 3.28. The number of nitrogens with zero attached hydrogens (tertiary/aromatic N) is 4. The highest BCUT2D eigenvalue weighted by molar-refractivity contribution is 8.01. The largest absolute Gasteiger partial charge is 0.299 e. The Morgan fingerprint density at radius 1 is 1.19 bits per heavy atom. The average Bonchev–Trinajstić information content (AvgIpc) is 3.29. The minimum Gasteiger partial charge on any atom is -0.299 e. The Hall–Kier alpha value is -2.71. The van der Waals surface area contributed by atoms with E-state index in [0.717, 1.165) is 26.8 Å². The topological polar surface area (TPSA) is 72.7 Å². The molecule has 8 heteroatoms. The molecule has 4 aromatic rings. The van der Waals surface area contributed by atoms with Gasteiger partial charge < -0.3 is 0 Å². The third-order valence-corrected chi connectivity index (χ3v) is 5.59. The molecule has 0 atom stereocenters. The Labute approximate surface area is 158 Å². The summed E-state index contributed by atoms with van der Waals surface area (Å²) in [6, 6.07) is 15.5. The van der Waals surface area contributed by atoms with Crippen LogP contribution in [-0.2, 0) is 0 Å².